The van der Waals surface area contributed by atoms with Crippen LogP contribution in [0, 0.1) is 5.92 Å². The van der Waals surface area contributed by atoms with Gasteiger partial charge in [-0.1, -0.05) is 27.7 Å². The highest BCUT2D eigenvalue weighted by Gasteiger charge is 2.13. The normalized spacial score (nSPS) is 11.0. The van der Waals surface area contributed by atoms with E-state index >= 15 is 0 Å². The van der Waals surface area contributed by atoms with Crippen LogP contribution in [0.15, 0.2) is 12.1 Å². The maximum Gasteiger partial charge on any atom is 0.356 e. The van der Waals surface area contributed by atoms with Crippen molar-refractivity contribution in [2.45, 2.75) is 40.0 Å². The number of methoxy groups -OCH3 is 1. The predicted molar refractivity (Wildman–Crippen MR) is 68.2 cm³/mol. The van der Waals surface area contributed by atoms with Gasteiger partial charge < -0.3 is 4.74 Å². The monoisotopic (exact) mass is 235 g/mol. The van der Waals surface area contributed by atoms with Crippen molar-refractivity contribution in [1.29, 1.82) is 0 Å². The number of hydrogen-bond donors (Lipinski definition) is 0. The molecule has 0 N–H and O–H groups in total. The van der Waals surface area contributed by atoms with E-state index in [9.17, 15) is 4.79 Å². The average Bonchev–Trinajstić information content (AvgIpc) is 2.26. The molecule has 0 bridgehead atoms. The van der Waals surface area contributed by atoms with Crippen molar-refractivity contribution in [3.63, 3.8) is 0 Å². The van der Waals surface area contributed by atoms with Gasteiger partial charge in [-0.2, -0.15) is 0 Å². The van der Waals surface area contributed by atoms with E-state index in [4.69, 9.17) is 4.74 Å². The molecule has 1 rings (SSSR count). The first-order valence-corrected chi connectivity index (χ1v) is 6.03. The molecule has 1 heterocycles. The highest BCUT2D eigenvalue weighted by molar-refractivity contribution is 5.87. The van der Waals surface area contributed by atoms with Crippen LogP contribution < -0.4 is 0 Å². The minimum atomic E-state index is -0.363. The number of ether oxygens (including phenoxy) is 1. The summed E-state index contributed by atoms with van der Waals surface area (Å²) in [4.78, 5) is 15.9. The molecule has 0 spiro atoms. The summed E-state index contributed by atoms with van der Waals surface area (Å²) >= 11 is 0. The summed E-state index contributed by atoms with van der Waals surface area (Å²) in [6, 6.07) is 3.90. The summed E-state index contributed by atoms with van der Waals surface area (Å²) in [5, 5.41) is 0. The number of rotatable bonds is 4. The van der Waals surface area contributed by atoms with E-state index in [1.165, 1.54) is 7.11 Å². The zero-order valence-electron chi connectivity index (χ0n) is 11.3. The van der Waals surface area contributed by atoms with Crippen molar-refractivity contribution in [2.24, 2.45) is 5.92 Å². The van der Waals surface area contributed by atoms with Crippen LogP contribution in [0.2, 0.25) is 0 Å². The van der Waals surface area contributed by atoms with Crippen molar-refractivity contribution in [3.8, 4) is 0 Å². The van der Waals surface area contributed by atoms with E-state index in [0.29, 0.717) is 17.5 Å². The zero-order valence-corrected chi connectivity index (χ0v) is 11.3. The summed E-state index contributed by atoms with van der Waals surface area (Å²) in [5.41, 5.74) is 2.51. The number of aromatic nitrogens is 1. The van der Waals surface area contributed by atoms with Crippen LogP contribution in [0.25, 0.3) is 0 Å². The Bertz CT molecular complexity index is 397. The lowest BCUT2D eigenvalue weighted by Gasteiger charge is -2.11. The van der Waals surface area contributed by atoms with E-state index in [2.05, 4.69) is 38.7 Å². The van der Waals surface area contributed by atoms with E-state index in [1.54, 1.807) is 0 Å². The molecule has 0 aliphatic heterocycles. The molecule has 3 nitrogen and oxygen atoms in total. The van der Waals surface area contributed by atoms with E-state index in [-0.39, 0.29) is 5.97 Å². The van der Waals surface area contributed by atoms with Gasteiger partial charge in [-0.05, 0) is 36.0 Å². The Hall–Kier alpha value is -1.38. The van der Waals surface area contributed by atoms with Gasteiger partial charge in [0.05, 0.1) is 7.11 Å². The number of nitrogens with zero attached hydrogens (tertiary/aromatic N) is 1. The van der Waals surface area contributed by atoms with Crippen molar-refractivity contribution in [1.82, 2.24) is 4.98 Å². The Balaban J connectivity index is 3.14. The molecule has 0 amide bonds. The summed E-state index contributed by atoms with van der Waals surface area (Å²) in [5.74, 6) is 0.542. The number of pyridine rings is 1. The highest BCUT2D eigenvalue weighted by Crippen LogP contribution is 2.18. The third kappa shape index (κ3) is 3.84. The Labute approximate surface area is 103 Å². The molecule has 0 unspecified atom stereocenters. The smallest absolute Gasteiger partial charge is 0.356 e. The first-order valence-electron chi connectivity index (χ1n) is 6.03. The first kappa shape index (κ1) is 13.7. The Kier molecular flexibility index (Phi) is 4.67. The fraction of sp³-hybridized carbons (Fsp3) is 0.571. The minimum absolute atomic E-state index is 0.363. The molecule has 0 saturated carbocycles. The van der Waals surface area contributed by atoms with Crippen LogP contribution >= 0.6 is 0 Å². The van der Waals surface area contributed by atoms with Crippen molar-refractivity contribution in [3.05, 3.63) is 29.1 Å². The Morgan fingerprint density at radius 3 is 2.41 bits per heavy atom. The van der Waals surface area contributed by atoms with Gasteiger partial charge in [0.15, 0.2) is 0 Å². The van der Waals surface area contributed by atoms with Crippen LogP contribution in [-0.2, 0) is 11.2 Å². The molecule has 1 aromatic heterocycles. The Morgan fingerprint density at radius 1 is 1.29 bits per heavy atom. The molecule has 0 aromatic carbocycles. The quantitative estimate of drug-likeness (QED) is 0.752. The number of hydrogen-bond acceptors (Lipinski definition) is 3. The molecule has 0 aliphatic carbocycles. The third-order valence-electron chi connectivity index (χ3n) is 2.58. The van der Waals surface area contributed by atoms with Crippen LogP contribution in [0.4, 0.5) is 0 Å². The predicted octanol–water partition coefficient (Wildman–Crippen LogP) is 3.19. The molecule has 0 atom stereocenters. The van der Waals surface area contributed by atoms with Crippen LogP contribution in [-0.4, -0.2) is 18.1 Å². The van der Waals surface area contributed by atoms with Crippen LogP contribution in [0.3, 0.4) is 0 Å². The summed E-state index contributed by atoms with van der Waals surface area (Å²) < 4.78 is 4.73. The molecule has 0 radical (unpaired) electrons. The molecule has 0 fully saturated rings. The topological polar surface area (TPSA) is 39.2 Å². The SMILES string of the molecule is COC(=O)c1cc(C(C)C)cc(CC(C)C)n1. The van der Waals surface area contributed by atoms with E-state index < -0.39 is 0 Å². The largest absolute Gasteiger partial charge is 0.464 e. The number of esters is 1. The lowest BCUT2D eigenvalue weighted by atomic mass is 9.99. The van der Waals surface area contributed by atoms with Crippen LogP contribution in [0.1, 0.15) is 55.4 Å². The van der Waals surface area contributed by atoms with Gasteiger partial charge >= 0.3 is 5.97 Å². The second-order valence-electron chi connectivity index (χ2n) is 5.02. The minimum Gasteiger partial charge on any atom is -0.464 e. The third-order valence-corrected chi connectivity index (χ3v) is 2.58. The average molecular weight is 235 g/mol. The molecule has 3 heteroatoms. The van der Waals surface area contributed by atoms with Gasteiger partial charge in [0.1, 0.15) is 5.69 Å². The van der Waals surface area contributed by atoms with Gasteiger partial charge in [-0.25, -0.2) is 9.78 Å². The summed E-state index contributed by atoms with van der Waals surface area (Å²) in [6.45, 7) is 8.49. The lowest BCUT2D eigenvalue weighted by Crippen LogP contribution is -2.09. The maximum atomic E-state index is 11.5. The Morgan fingerprint density at radius 2 is 1.94 bits per heavy atom. The highest BCUT2D eigenvalue weighted by atomic mass is 16.5. The van der Waals surface area contributed by atoms with Crippen molar-refractivity contribution >= 4 is 5.97 Å². The molecule has 94 valence electrons. The maximum absolute atomic E-state index is 11.5. The second-order valence-corrected chi connectivity index (χ2v) is 5.02. The van der Waals surface area contributed by atoms with E-state index in [0.717, 1.165) is 17.7 Å². The number of carbonyl (C=O) groups excluding carboxylic acids is 1. The lowest BCUT2D eigenvalue weighted by molar-refractivity contribution is 0.0593. The van der Waals surface area contributed by atoms with Crippen molar-refractivity contribution in [2.75, 3.05) is 7.11 Å². The molecular weight excluding hydrogens is 214 g/mol. The van der Waals surface area contributed by atoms with Crippen molar-refractivity contribution < 1.29 is 9.53 Å². The number of carbonyl (C=O) groups is 1. The molecule has 0 saturated heterocycles. The van der Waals surface area contributed by atoms with Gasteiger partial charge in [-0.3, -0.25) is 0 Å². The molecule has 0 aliphatic rings. The van der Waals surface area contributed by atoms with Gasteiger partial charge in [-0.15, -0.1) is 0 Å². The molecular formula is C14H21NO2. The molecule has 1 aromatic rings. The van der Waals surface area contributed by atoms with Gasteiger partial charge in [0.2, 0.25) is 0 Å². The summed E-state index contributed by atoms with van der Waals surface area (Å²) in [7, 11) is 1.38. The fourth-order valence-electron chi connectivity index (χ4n) is 1.68. The fourth-order valence-corrected chi connectivity index (χ4v) is 1.68. The summed E-state index contributed by atoms with van der Waals surface area (Å²) in [6.07, 6.45) is 0.880. The first-order chi connectivity index (χ1) is 7.93. The van der Waals surface area contributed by atoms with E-state index in [1.807, 2.05) is 6.07 Å². The van der Waals surface area contributed by atoms with Crippen LogP contribution in [0.5, 0.6) is 0 Å². The zero-order chi connectivity index (χ0) is 13.0. The molecule has 17 heavy (non-hydrogen) atoms. The van der Waals surface area contributed by atoms with Gasteiger partial charge in [0, 0.05) is 5.69 Å². The van der Waals surface area contributed by atoms with Gasteiger partial charge in [0.25, 0.3) is 0 Å². The second kappa shape index (κ2) is 5.80. The standard InChI is InChI=1S/C14H21NO2/c1-9(2)6-12-7-11(10(3)4)8-13(15-12)14(16)17-5/h7-10H,6H2,1-5H3.